The van der Waals surface area contributed by atoms with Gasteiger partial charge in [0, 0.05) is 6.61 Å². The Kier molecular flexibility index (Phi) is 4.95. The van der Waals surface area contributed by atoms with E-state index >= 15 is 0 Å². The van der Waals surface area contributed by atoms with E-state index in [4.69, 9.17) is 4.74 Å². The molecule has 94 valence electrons. The summed E-state index contributed by atoms with van der Waals surface area (Å²) in [6, 6.07) is 6.50. The van der Waals surface area contributed by atoms with E-state index in [-0.39, 0.29) is 5.82 Å². The van der Waals surface area contributed by atoms with E-state index in [1.54, 1.807) is 12.1 Å². The highest BCUT2D eigenvalue weighted by atomic mass is 19.1. The molecule has 1 saturated heterocycles. The Morgan fingerprint density at radius 1 is 1.29 bits per heavy atom. The zero-order valence-electron chi connectivity index (χ0n) is 10.1. The lowest BCUT2D eigenvalue weighted by Gasteiger charge is -2.22. The molecule has 1 aliphatic heterocycles. The van der Waals surface area contributed by atoms with E-state index in [0.29, 0.717) is 6.61 Å². The molecule has 0 bridgehead atoms. The summed E-state index contributed by atoms with van der Waals surface area (Å²) in [7, 11) is 0. The van der Waals surface area contributed by atoms with Crippen LogP contribution in [0.3, 0.4) is 0 Å². The van der Waals surface area contributed by atoms with Crippen molar-refractivity contribution in [1.29, 1.82) is 0 Å². The van der Waals surface area contributed by atoms with Crippen molar-refractivity contribution < 1.29 is 9.13 Å². The molecule has 3 heteroatoms. The summed E-state index contributed by atoms with van der Waals surface area (Å²) in [5.74, 6) is 0.569. The first-order valence-corrected chi connectivity index (χ1v) is 6.37. The van der Waals surface area contributed by atoms with Gasteiger partial charge in [0.25, 0.3) is 0 Å². The molecule has 2 rings (SSSR count). The molecule has 0 unspecified atom stereocenters. The van der Waals surface area contributed by atoms with Gasteiger partial charge >= 0.3 is 0 Å². The summed E-state index contributed by atoms with van der Waals surface area (Å²) >= 11 is 0. The number of hydrogen-bond donors (Lipinski definition) is 1. The van der Waals surface area contributed by atoms with Crippen LogP contribution >= 0.6 is 0 Å². The predicted molar refractivity (Wildman–Crippen MR) is 66.3 cm³/mol. The van der Waals surface area contributed by atoms with Crippen LogP contribution in [0.1, 0.15) is 24.8 Å². The monoisotopic (exact) mass is 237 g/mol. The maximum absolute atomic E-state index is 12.7. The van der Waals surface area contributed by atoms with Crippen LogP contribution < -0.4 is 5.32 Å². The van der Waals surface area contributed by atoms with Gasteiger partial charge < -0.3 is 10.1 Å². The van der Waals surface area contributed by atoms with Gasteiger partial charge in [-0.3, -0.25) is 0 Å². The molecular formula is C14H20FNO. The van der Waals surface area contributed by atoms with Gasteiger partial charge in [0.15, 0.2) is 0 Å². The Labute approximate surface area is 102 Å². The van der Waals surface area contributed by atoms with Crippen LogP contribution in [0.4, 0.5) is 4.39 Å². The largest absolute Gasteiger partial charge is 0.377 e. The molecule has 0 amide bonds. The van der Waals surface area contributed by atoms with Gasteiger partial charge in [-0.15, -0.1) is 0 Å². The van der Waals surface area contributed by atoms with Crippen molar-refractivity contribution in [3.63, 3.8) is 0 Å². The van der Waals surface area contributed by atoms with Gasteiger partial charge in [0.2, 0.25) is 0 Å². The summed E-state index contributed by atoms with van der Waals surface area (Å²) in [6.45, 7) is 3.66. The predicted octanol–water partition coefficient (Wildman–Crippen LogP) is 2.73. The van der Waals surface area contributed by atoms with Crippen LogP contribution in [0.2, 0.25) is 0 Å². The topological polar surface area (TPSA) is 21.3 Å². The Balaban J connectivity index is 1.60. The van der Waals surface area contributed by atoms with Crippen LogP contribution in [-0.4, -0.2) is 19.7 Å². The molecule has 1 N–H and O–H groups in total. The number of rotatable bonds is 5. The third-order valence-electron chi connectivity index (χ3n) is 3.25. The second kappa shape index (κ2) is 6.72. The number of halogens is 1. The molecule has 1 heterocycles. The second-order valence-electron chi connectivity index (χ2n) is 4.68. The highest BCUT2D eigenvalue weighted by Crippen LogP contribution is 2.14. The lowest BCUT2D eigenvalue weighted by molar-refractivity contribution is 0.103. The number of ether oxygens (including phenoxy) is 1. The fourth-order valence-corrected chi connectivity index (χ4v) is 2.19. The minimum Gasteiger partial charge on any atom is -0.377 e. The van der Waals surface area contributed by atoms with Gasteiger partial charge in [0.1, 0.15) is 5.82 Å². The van der Waals surface area contributed by atoms with E-state index in [2.05, 4.69) is 5.32 Å². The maximum Gasteiger partial charge on any atom is 0.123 e. The van der Waals surface area contributed by atoms with E-state index in [0.717, 1.165) is 37.6 Å². The lowest BCUT2D eigenvalue weighted by Crippen LogP contribution is -2.30. The first-order valence-electron chi connectivity index (χ1n) is 6.37. The minimum atomic E-state index is -0.193. The van der Waals surface area contributed by atoms with E-state index in [1.165, 1.54) is 25.0 Å². The Bertz CT molecular complexity index is 319. The molecule has 0 saturated carbocycles. The Hall–Kier alpha value is -0.930. The third kappa shape index (κ3) is 4.44. The summed E-state index contributed by atoms with van der Waals surface area (Å²) in [5, 5.41) is 3.40. The summed E-state index contributed by atoms with van der Waals surface area (Å²) in [5.41, 5.74) is 1.04. The van der Waals surface area contributed by atoms with Crippen molar-refractivity contribution in [2.24, 2.45) is 5.92 Å². The van der Waals surface area contributed by atoms with E-state index in [9.17, 15) is 4.39 Å². The van der Waals surface area contributed by atoms with E-state index in [1.807, 2.05) is 0 Å². The Morgan fingerprint density at radius 3 is 2.82 bits per heavy atom. The van der Waals surface area contributed by atoms with Crippen molar-refractivity contribution in [2.75, 3.05) is 19.7 Å². The van der Waals surface area contributed by atoms with Gasteiger partial charge in [-0.1, -0.05) is 12.1 Å². The maximum atomic E-state index is 12.7. The molecule has 0 radical (unpaired) electrons. The van der Waals surface area contributed by atoms with Crippen LogP contribution in [-0.2, 0) is 11.3 Å². The SMILES string of the molecule is Fc1ccc(COCC[C@@H]2CCCNC2)cc1. The lowest BCUT2D eigenvalue weighted by atomic mass is 9.97. The van der Waals surface area contributed by atoms with Crippen LogP contribution in [0.25, 0.3) is 0 Å². The van der Waals surface area contributed by atoms with Crippen molar-refractivity contribution >= 4 is 0 Å². The molecule has 0 spiro atoms. The van der Waals surface area contributed by atoms with Crippen molar-refractivity contribution in [3.05, 3.63) is 35.6 Å². The van der Waals surface area contributed by atoms with Crippen LogP contribution in [0.15, 0.2) is 24.3 Å². The zero-order chi connectivity index (χ0) is 11.9. The highest BCUT2D eigenvalue weighted by molar-refractivity contribution is 5.14. The van der Waals surface area contributed by atoms with Gasteiger partial charge in [-0.2, -0.15) is 0 Å². The molecule has 1 fully saturated rings. The normalized spacial score (nSPS) is 20.4. The number of nitrogens with one attached hydrogen (secondary N) is 1. The van der Waals surface area contributed by atoms with Crippen molar-refractivity contribution in [2.45, 2.75) is 25.9 Å². The fourth-order valence-electron chi connectivity index (χ4n) is 2.19. The van der Waals surface area contributed by atoms with Crippen molar-refractivity contribution in [3.8, 4) is 0 Å². The van der Waals surface area contributed by atoms with E-state index < -0.39 is 0 Å². The van der Waals surface area contributed by atoms with Gasteiger partial charge in [-0.05, 0) is 56.0 Å². The number of hydrogen-bond acceptors (Lipinski definition) is 2. The number of piperidine rings is 1. The zero-order valence-corrected chi connectivity index (χ0v) is 10.1. The molecule has 17 heavy (non-hydrogen) atoms. The van der Waals surface area contributed by atoms with Gasteiger partial charge in [0.05, 0.1) is 6.61 Å². The first-order chi connectivity index (χ1) is 8.34. The first kappa shape index (κ1) is 12.5. The van der Waals surface area contributed by atoms with Crippen LogP contribution in [0, 0.1) is 11.7 Å². The summed E-state index contributed by atoms with van der Waals surface area (Å²) < 4.78 is 18.3. The highest BCUT2D eigenvalue weighted by Gasteiger charge is 2.12. The third-order valence-corrected chi connectivity index (χ3v) is 3.25. The molecule has 0 aromatic heterocycles. The molecule has 1 aromatic rings. The second-order valence-corrected chi connectivity index (χ2v) is 4.68. The Morgan fingerprint density at radius 2 is 2.12 bits per heavy atom. The molecule has 1 aromatic carbocycles. The smallest absolute Gasteiger partial charge is 0.123 e. The molecule has 1 aliphatic rings. The molecular weight excluding hydrogens is 217 g/mol. The minimum absolute atomic E-state index is 0.193. The summed E-state index contributed by atoms with van der Waals surface area (Å²) in [4.78, 5) is 0. The van der Waals surface area contributed by atoms with Crippen LogP contribution in [0.5, 0.6) is 0 Å². The van der Waals surface area contributed by atoms with Crippen molar-refractivity contribution in [1.82, 2.24) is 5.32 Å². The molecule has 0 aliphatic carbocycles. The number of benzene rings is 1. The summed E-state index contributed by atoms with van der Waals surface area (Å²) in [6.07, 6.45) is 3.71. The fraction of sp³-hybridized carbons (Fsp3) is 0.571. The molecule has 1 atom stereocenters. The quantitative estimate of drug-likeness (QED) is 0.795. The molecule has 2 nitrogen and oxygen atoms in total. The van der Waals surface area contributed by atoms with Gasteiger partial charge in [-0.25, -0.2) is 4.39 Å². The average Bonchev–Trinajstić information content (AvgIpc) is 2.38. The average molecular weight is 237 g/mol. The standard InChI is InChI=1S/C14H20FNO/c15-14-5-3-13(4-6-14)11-17-9-7-12-2-1-8-16-10-12/h3-6,12,16H,1-2,7-11H2/t12-/m0/s1.